The maximum absolute atomic E-state index is 12.5. The average Bonchev–Trinajstić information content (AvgIpc) is 3.38. The second-order valence-corrected chi connectivity index (χ2v) is 8.29. The SMILES string of the molecule is O=C(Nc1nc2cc3c(cc2s1)OCCO3)c1csc(-c2cccs2)n1. The fourth-order valence-electron chi connectivity index (χ4n) is 2.57. The summed E-state index contributed by atoms with van der Waals surface area (Å²) in [5.41, 5.74) is 1.16. The van der Waals surface area contributed by atoms with Crippen LogP contribution in [-0.4, -0.2) is 29.1 Å². The molecular weight excluding hydrogens is 390 g/mol. The Morgan fingerprint density at radius 1 is 1.12 bits per heavy atom. The normalized spacial score (nSPS) is 13.1. The molecule has 0 fully saturated rings. The van der Waals surface area contributed by atoms with Gasteiger partial charge in [0, 0.05) is 17.5 Å². The van der Waals surface area contributed by atoms with Crippen LogP contribution < -0.4 is 14.8 Å². The minimum atomic E-state index is -0.264. The van der Waals surface area contributed by atoms with E-state index in [2.05, 4.69) is 15.3 Å². The van der Waals surface area contributed by atoms with E-state index >= 15 is 0 Å². The molecular formula is C17H11N3O3S3. The molecule has 4 heterocycles. The lowest BCUT2D eigenvalue weighted by Crippen LogP contribution is -2.15. The molecule has 0 spiro atoms. The lowest BCUT2D eigenvalue weighted by Gasteiger charge is -2.17. The monoisotopic (exact) mass is 401 g/mol. The van der Waals surface area contributed by atoms with E-state index in [1.807, 2.05) is 29.6 Å². The van der Waals surface area contributed by atoms with Crippen molar-refractivity contribution in [3.63, 3.8) is 0 Å². The van der Waals surface area contributed by atoms with E-state index in [0.717, 1.165) is 20.1 Å². The fourth-order valence-corrected chi connectivity index (χ4v) is 5.06. The van der Waals surface area contributed by atoms with Crippen molar-refractivity contribution in [1.82, 2.24) is 9.97 Å². The lowest BCUT2D eigenvalue weighted by molar-refractivity contribution is 0.102. The highest BCUT2D eigenvalue weighted by Crippen LogP contribution is 2.38. The van der Waals surface area contributed by atoms with Gasteiger partial charge in [-0.3, -0.25) is 10.1 Å². The molecule has 5 rings (SSSR count). The van der Waals surface area contributed by atoms with E-state index in [1.165, 1.54) is 22.7 Å². The Bertz CT molecular complexity index is 1060. The van der Waals surface area contributed by atoms with Crippen LogP contribution in [0.15, 0.2) is 35.0 Å². The second kappa shape index (κ2) is 6.35. The Morgan fingerprint density at radius 2 is 1.96 bits per heavy atom. The number of fused-ring (bicyclic) bond motifs is 2. The molecule has 0 aliphatic carbocycles. The van der Waals surface area contributed by atoms with Gasteiger partial charge in [0.05, 0.1) is 15.1 Å². The Balaban J connectivity index is 1.39. The van der Waals surface area contributed by atoms with Gasteiger partial charge in [0.25, 0.3) is 5.91 Å². The zero-order chi connectivity index (χ0) is 17.5. The number of nitrogens with one attached hydrogen (secondary N) is 1. The predicted molar refractivity (Wildman–Crippen MR) is 104 cm³/mol. The van der Waals surface area contributed by atoms with E-state index in [9.17, 15) is 4.79 Å². The molecule has 9 heteroatoms. The van der Waals surface area contributed by atoms with Gasteiger partial charge < -0.3 is 9.47 Å². The van der Waals surface area contributed by atoms with E-state index in [4.69, 9.17) is 9.47 Å². The summed E-state index contributed by atoms with van der Waals surface area (Å²) in [6.45, 7) is 1.07. The summed E-state index contributed by atoms with van der Waals surface area (Å²) < 4.78 is 12.1. The smallest absolute Gasteiger partial charge is 0.276 e. The third kappa shape index (κ3) is 2.83. The third-order valence-corrected chi connectivity index (χ3v) is 6.56. The number of anilines is 1. The Labute approximate surface area is 160 Å². The molecule has 1 aliphatic rings. The summed E-state index contributed by atoms with van der Waals surface area (Å²) in [5.74, 6) is 1.14. The molecule has 1 N–H and O–H groups in total. The number of benzene rings is 1. The van der Waals surface area contributed by atoms with Gasteiger partial charge in [0.15, 0.2) is 16.6 Å². The molecule has 0 bridgehead atoms. The number of hydrogen-bond donors (Lipinski definition) is 1. The number of amides is 1. The number of nitrogens with zero attached hydrogens (tertiary/aromatic N) is 2. The van der Waals surface area contributed by atoms with Gasteiger partial charge in [0.2, 0.25) is 0 Å². The third-order valence-electron chi connectivity index (χ3n) is 3.74. The molecule has 130 valence electrons. The molecule has 0 radical (unpaired) electrons. The highest BCUT2D eigenvalue weighted by atomic mass is 32.1. The molecule has 1 amide bonds. The van der Waals surface area contributed by atoms with Crippen LogP contribution in [0.3, 0.4) is 0 Å². The van der Waals surface area contributed by atoms with Gasteiger partial charge in [0.1, 0.15) is 23.9 Å². The number of thiazole rings is 2. The van der Waals surface area contributed by atoms with Crippen molar-refractivity contribution in [1.29, 1.82) is 0 Å². The van der Waals surface area contributed by atoms with Crippen LogP contribution in [0.25, 0.3) is 20.1 Å². The number of aromatic nitrogens is 2. The molecule has 1 aliphatic heterocycles. The number of hydrogen-bond acceptors (Lipinski definition) is 8. The summed E-state index contributed by atoms with van der Waals surface area (Å²) in [7, 11) is 0. The number of ether oxygens (including phenoxy) is 2. The van der Waals surface area contributed by atoms with E-state index in [-0.39, 0.29) is 5.91 Å². The molecule has 0 saturated heterocycles. The van der Waals surface area contributed by atoms with Gasteiger partial charge in [-0.2, -0.15) is 0 Å². The van der Waals surface area contributed by atoms with Crippen molar-refractivity contribution < 1.29 is 14.3 Å². The topological polar surface area (TPSA) is 73.3 Å². The van der Waals surface area contributed by atoms with Crippen molar-refractivity contribution >= 4 is 55.3 Å². The Kier molecular flexibility index (Phi) is 3.84. The number of thiophene rings is 1. The van der Waals surface area contributed by atoms with E-state index in [1.54, 1.807) is 16.7 Å². The van der Waals surface area contributed by atoms with Gasteiger partial charge in [-0.05, 0) is 11.4 Å². The standard InChI is InChI=1S/C17H11N3O3S3/c21-15(10-8-25-16(18-10)13-2-1-5-24-13)20-17-19-9-6-11-12(7-14(9)26-17)23-4-3-22-11/h1-2,5-8H,3-4H2,(H,19,20,21). The molecule has 0 atom stereocenters. The molecule has 0 unspecified atom stereocenters. The van der Waals surface area contributed by atoms with Crippen LogP contribution in [0.1, 0.15) is 10.5 Å². The minimum absolute atomic E-state index is 0.264. The Hall–Kier alpha value is -2.49. The summed E-state index contributed by atoms with van der Waals surface area (Å²) in [4.78, 5) is 22.4. The average molecular weight is 401 g/mol. The zero-order valence-electron chi connectivity index (χ0n) is 13.2. The maximum Gasteiger partial charge on any atom is 0.276 e. The van der Waals surface area contributed by atoms with Crippen LogP contribution in [0.5, 0.6) is 11.5 Å². The van der Waals surface area contributed by atoms with Crippen molar-refractivity contribution in [2.45, 2.75) is 0 Å². The molecule has 0 saturated carbocycles. The molecule has 1 aromatic carbocycles. The summed E-state index contributed by atoms with van der Waals surface area (Å²) >= 11 is 4.46. The van der Waals surface area contributed by atoms with Crippen LogP contribution in [0.2, 0.25) is 0 Å². The zero-order valence-corrected chi connectivity index (χ0v) is 15.7. The van der Waals surface area contributed by atoms with Gasteiger partial charge in [-0.1, -0.05) is 17.4 Å². The predicted octanol–water partition coefficient (Wildman–Crippen LogP) is 4.50. The second-order valence-electron chi connectivity index (χ2n) is 5.45. The van der Waals surface area contributed by atoms with E-state index in [0.29, 0.717) is 35.5 Å². The first-order valence-corrected chi connectivity index (χ1v) is 10.3. The quantitative estimate of drug-likeness (QED) is 0.547. The van der Waals surface area contributed by atoms with Gasteiger partial charge >= 0.3 is 0 Å². The molecule has 6 nitrogen and oxygen atoms in total. The maximum atomic E-state index is 12.5. The van der Waals surface area contributed by atoms with Gasteiger partial charge in [-0.25, -0.2) is 9.97 Å². The van der Waals surface area contributed by atoms with Crippen molar-refractivity contribution in [3.05, 3.63) is 40.7 Å². The fraction of sp³-hybridized carbons (Fsp3) is 0.118. The van der Waals surface area contributed by atoms with Crippen molar-refractivity contribution in [2.75, 3.05) is 18.5 Å². The summed E-state index contributed by atoms with van der Waals surface area (Å²) in [5, 5.41) is 7.95. The first-order valence-electron chi connectivity index (χ1n) is 7.77. The summed E-state index contributed by atoms with van der Waals surface area (Å²) in [6, 6.07) is 7.70. The minimum Gasteiger partial charge on any atom is -0.486 e. The largest absolute Gasteiger partial charge is 0.486 e. The van der Waals surface area contributed by atoms with Crippen molar-refractivity contribution in [2.24, 2.45) is 0 Å². The molecule has 3 aromatic heterocycles. The molecule has 4 aromatic rings. The van der Waals surface area contributed by atoms with E-state index < -0.39 is 0 Å². The highest BCUT2D eigenvalue weighted by Gasteiger charge is 2.17. The van der Waals surface area contributed by atoms with Crippen molar-refractivity contribution in [3.8, 4) is 21.4 Å². The summed E-state index contributed by atoms with van der Waals surface area (Å²) in [6.07, 6.45) is 0. The van der Waals surface area contributed by atoms with Crippen LogP contribution in [-0.2, 0) is 0 Å². The van der Waals surface area contributed by atoms with Crippen LogP contribution in [0.4, 0.5) is 5.13 Å². The molecule has 26 heavy (non-hydrogen) atoms. The highest BCUT2D eigenvalue weighted by molar-refractivity contribution is 7.22. The number of carbonyl (C=O) groups excluding carboxylic acids is 1. The first kappa shape index (κ1) is 15.7. The first-order chi connectivity index (χ1) is 12.8. The van der Waals surface area contributed by atoms with Crippen LogP contribution >= 0.6 is 34.0 Å². The van der Waals surface area contributed by atoms with Crippen LogP contribution in [0, 0.1) is 0 Å². The Morgan fingerprint density at radius 3 is 2.77 bits per heavy atom. The van der Waals surface area contributed by atoms with Gasteiger partial charge in [-0.15, -0.1) is 22.7 Å². The lowest BCUT2D eigenvalue weighted by atomic mass is 10.3. The number of carbonyl (C=O) groups is 1. The number of rotatable bonds is 3.